The molecule has 1 fully saturated rings. The van der Waals surface area contributed by atoms with E-state index in [0.717, 1.165) is 24.3 Å². The molecule has 24 heavy (non-hydrogen) atoms. The summed E-state index contributed by atoms with van der Waals surface area (Å²) in [5.41, 5.74) is 0.689. The van der Waals surface area contributed by atoms with E-state index in [4.69, 9.17) is 4.99 Å². The largest absolute Gasteiger partial charge is 0.379 e. The number of nitrogens with one attached hydrogen (secondary N) is 1. The lowest BCUT2D eigenvalue weighted by atomic mass is 9.84. The molecule has 4 heteroatoms. The maximum Gasteiger partial charge on any atom is 0.163 e. The summed E-state index contributed by atoms with van der Waals surface area (Å²) in [5.74, 6) is 0.224. The zero-order chi connectivity index (χ0) is 18.1. The van der Waals surface area contributed by atoms with Gasteiger partial charge in [-0.15, -0.1) is 0 Å². The average Bonchev–Trinajstić information content (AvgIpc) is 2.45. The average molecular weight is 332 g/mol. The molecule has 1 heterocycles. The van der Waals surface area contributed by atoms with E-state index in [1.807, 2.05) is 41.5 Å². The molecule has 0 bridgehead atoms. The third-order valence-electron chi connectivity index (χ3n) is 4.88. The molecule has 0 spiro atoms. The minimum Gasteiger partial charge on any atom is -0.379 e. The van der Waals surface area contributed by atoms with Crippen LogP contribution < -0.4 is 5.32 Å². The molecular weight excluding hydrogens is 300 g/mol. The Balaban J connectivity index is 2.32. The van der Waals surface area contributed by atoms with Crippen molar-refractivity contribution < 1.29 is 9.59 Å². The van der Waals surface area contributed by atoms with Crippen LogP contribution in [-0.4, -0.2) is 29.4 Å². The highest BCUT2D eigenvalue weighted by atomic mass is 16.1. The molecular formula is C20H32N2O2. The number of hydrogen-bond donors (Lipinski definition) is 1. The molecule has 2 rings (SSSR count). The van der Waals surface area contributed by atoms with Crippen molar-refractivity contribution in [3.8, 4) is 0 Å². The van der Waals surface area contributed by atoms with Crippen molar-refractivity contribution in [2.75, 3.05) is 0 Å². The lowest BCUT2D eigenvalue weighted by molar-refractivity contribution is -0.125. The van der Waals surface area contributed by atoms with E-state index >= 15 is 0 Å². The summed E-state index contributed by atoms with van der Waals surface area (Å²) in [7, 11) is 0. The Morgan fingerprint density at radius 1 is 1.08 bits per heavy atom. The maximum atomic E-state index is 12.5. The predicted molar refractivity (Wildman–Crippen MR) is 98.2 cm³/mol. The third kappa shape index (κ3) is 4.55. The first kappa shape index (κ1) is 18.9. The summed E-state index contributed by atoms with van der Waals surface area (Å²) in [6, 6.07) is 0.537. The fraction of sp³-hybridized carbons (Fsp3) is 0.750. The second-order valence-electron chi connectivity index (χ2n) is 9.20. The first-order chi connectivity index (χ1) is 11.0. The number of hydrogen-bond acceptors (Lipinski definition) is 4. The number of ketones is 2. The predicted octanol–water partition coefficient (Wildman–Crippen LogP) is 3.85. The van der Waals surface area contributed by atoms with Crippen molar-refractivity contribution >= 4 is 17.3 Å². The Bertz CT molecular complexity index is 573. The van der Waals surface area contributed by atoms with Crippen LogP contribution in [-0.2, 0) is 9.59 Å². The highest BCUT2D eigenvalue weighted by Gasteiger charge is 2.33. The topological polar surface area (TPSA) is 58.5 Å². The van der Waals surface area contributed by atoms with Crippen LogP contribution >= 0.6 is 0 Å². The van der Waals surface area contributed by atoms with Gasteiger partial charge in [-0.3, -0.25) is 14.6 Å². The smallest absolute Gasteiger partial charge is 0.163 e. The van der Waals surface area contributed by atoms with Crippen LogP contribution in [0.2, 0.25) is 0 Å². The minimum absolute atomic E-state index is 0.0650. The normalized spacial score (nSPS) is 26.4. The molecule has 0 aromatic carbocycles. The number of rotatable bonds is 3. The number of fused-ring (bicyclic) bond motifs is 1. The Morgan fingerprint density at radius 2 is 1.71 bits per heavy atom. The van der Waals surface area contributed by atoms with Crippen molar-refractivity contribution in [1.82, 2.24) is 5.32 Å². The van der Waals surface area contributed by atoms with E-state index in [9.17, 15) is 9.59 Å². The number of Topliss-reactive ketones (excluding diaryl/α,β-unsaturated/α-hetero) is 1. The molecule has 4 nitrogen and oxygen atoms in total. The van der Waals surface area contributed by atoms with E-state index in [-0.39, 0.29) is 17.6 Å². The summed E-state index contributed by atoms with van der Waals surface area (Å²) in [6.45, 7) is 11.5. The molecule has 0 amide bonds. The quantitative estimate of drug-likeness (QED) is 0.799. The molecule has 134 valence electrons. The number of carbonyl (C=O) groups excluding carboxylic acids is 2. The van der Waals surface area contributed by atoms with Crippen LogP contribution in [0.3, 0.4) is 0 Å². The molecule has 0 saturated heterocycles. The van der Waals surface area contributed by atoms with Crippen molar-refractivity contribution in [2.45, 2.75) is 85.7 Å². The highest BCUT2D eigenvalue weighted by molar-refractivity contribution is 6.14. The maximum absolute atomic E-state index is 12.5. The molecule has 1 saturated carbocycles. The van der Waals surface area contributed by atoms with Gasteiger partial charge < -0.3 is 5.32 Å². The Labute approximate surface area is 146 Å². The Kier molecular flexibility index (Phi) is 5.36. The van der Waals surface area contributed by atoms with Gasteiger partial charge in [-0.05, 0) is 12.8 Å². The molecule has 1 aliphatic heterocycles. The zero-order valence-electron chi connectivity index (χ0n) is 16.0. The SMILES string of the molecule is CC(C)(C)C(=O)/C=C1\N[C@@H]2CCCC[C@@H]2N=C1CC(=O)C(C)(C)C. The highest BCUT2D eigenvalue weighted by Crippen LogP contribution is 2.28. The zero-order valence-corrected chi connectivity index (χ0v) is 16.0. The molecule has 0 radical (unpaired) electrons. The number of allylic oxidation sites excluding steroid dienone is 2. The summed E-state index contributed by atoms with van der Waals surface area (Å²) < 4.78 is 0. The Morgan fingerprint density at radius 3 is 2.29 bits per heavy atom. The van der Waals surface area contributed by atoms with Gasteiger partial charge in [0.2, 0.25) is 0 Å². The molecule has 0 aromatic heterocycles. The van der Waals surface area contributed by atoms with E-state index in [2.05, 4.69) is 5.32 Å². The lowest BCUT2D eigenvalue weighted by Gasteiger charge is -2.36. The molecule has 1 aliphatic carbocycles. The van der Waals surface area contributed by atoms with Gasteiger partial charge in [0.25, 0.3) is 0 Å². The Hall–Kier alpha value is -1.45. The van der Waals surface area contributed by atoms with Crippen molar-refractivity contribution in [2.24, 2.45) is 15.8 Å². The van der Waals surface area contributed by atoms with E-state index in [1.165, 1.54) is 12.8 Å². The molecule has 1 N–H and O–H groups in total. The van der Waals surface area contributed by atoms with Crippen LogP contribution in [0.5, 0.6) is 0 Å². The van der Waals surface area contributed by atoms with Gasteiger partial charge in [0, 0.05) is 22.9 Å². The van der Waals surface area contributed by atoms with Crippen LogP contribution in [0.1, 0.15) is 73.6 Å². The van der Waals surface area contributed by atoms with Crippen molar-refractivity contribution in [3.63, 3.8) is 0 Å². The van der Waals surface area contributed by atoms with Crippen LogP contribution in [0, 0.1) is 10.8 Å². The van der Waals surface area contributed by atoms with Crippen LogP contribution in [0.25, 0.3) is 0 Å². The van der Waals surface area contributed by atoms with Gasteiger partial charge >= 0.3 is 0 Å². The van der Waals surface area contributed by atoms with Crippen molar-refractivity contribution in [3.05, 3.63) is 11.8 Å². The summed E-state index contributed by atoms with van der Waals surface area (Å²) in [6.07, 6.45) is 6.48. The lowest BCUT2D eigenvalue weighted by Crippen LogP contribution is -2.47. The van der Waals surface area contributed by atoms with Gasteiger partial charge in [-0.25, -0.2) is 0 Å². The third-order valence-corrected chi connectivity index (χ3v) is 4.88. The van der Waals surface area contributed by atoms with Crippen molar-refractivity contribution in [1.29, 1.82) is 0 Å². The summed E-state index contributed by atoms with van der Waals surface area (Å²) in [5, 5.41) is 3.52. The van der Waals surface area contributed by atoms with E-state index in [0.29, 0.717) is 12.5 Å². The van der Waals surface area contributed by atoms with Gasteiger partial charge in [0.15, 0.2) is 5.78 Å². The van der Waals surface area contributed by atoms with Gasteiger partial charge in [-0.1, -0.05) is 54.4 Å². The van der Waals surface area contributed by atoms with Crippen LogP contribution in [0.4, 0.5) is 0 Å². The summed E-state index contributed by atoms with van der Waals surface area (Å²) >= 11 is 0. The number of nitrogens with zero attached hydrogens (tertiary/aromatic N) is 1. The second-order valence-corrected chi connectivity index (χ2v) is 9.20. The first-order valence-corrected chi connectivity index (χ1v) is 9.11. The fourth-order valence-corrected chi connectivity index (χ4v) is 3.02. The minimum atomic E-state index is -0.433. The number of carbonyl (C=O) groups is 2. The van der Waals surface area contributed by atoms with Crippen LogP contribution in [0.15, 0.2) is 16.8 Å². The molecule has 2 aliphatic rings. The number of aliphatic imine (C=N–C) groups is 1. The van der Waals surface area contributed by atoms with Gasteiger partial charge in [0.1, 0.15) is 5.78 Å². The monoisotopic (exact) mass is 332 g/mol. The summed E-state index contributed by atoms with van der Waals surface area (Å²) in [4.78, 5) is 29.9. The van der Waals surface area contributed by atoms with Gasteiger partial charge in [0.05, 0.1) is 23.9 Å². The molecule has 0 aromatic rings. The molecule has 2 atom stereocenters. The first-order valence-electron chi connectivity index (χ1n) is 9.11. The molecule has 0 unspecified atom stereocenters. The standard InChI is InChI=1S/C20H32N2O2/c1-19(2,3)17(23)11-15-16(12-18(24)20(4,5)6)22-14-10-8-7-9-13(14)21-15/h11,13-14,21H,7-10,12H2,1-6H3/b15-11-/t13-,14+/m1/s1. The van der Waals surface area contributed by atoms with E-state index < -0.39 is 10.8 Å². The second kappa shape index (κ2) is 6.81. The fourth-order valence-electron chi connectivity index (χ4n) is 3.02. The van der Waals surface area contributed by atoms with E-state index in [1.54, 1.807) is 6.08 Å². The van der Waals surface area contributed by atoms with Gasteiger partial charge in [-0.2, -0.15) is 0 Å².